The minimum Gasteiger partial charge on any atom is -0.394 e. The number of unbranched alkanes of at least 4 members (excludes halogenated alkanes) is 26. The molecule has 0 aliphatic rings. The van der Waals surface area contributed by atoms with Gasteiger partial charge in [0.25, 0.3) is 0 Å². The van der Waals surface area contributed by atoms with Crippen LogP contribution in [0.5, 0.6) is 0 Å². The highest BCUT2D eigenvalue weighted by Gasteiger charge is 2.17. The van der Waals surface area contributed by atoms with Gasteiger partial charge in [-0.3, -0.25) is 4.79 Å². The van der Waals surface area contributed by atoms with Crippen LogP contribution in [0.15, 0.2) is 97.2 Å². The second-order valence-electron chi connectivity index (χ2n) is 17.5. The quantitative estimate of drug-likeness (QED) is 0.0422. The maximum atomic E-state index is 12.4. The van der Waals surface area contributed by atoms with Crippen molar-refractivity contribution in [1.82, 2.24) is 5.32 Å². The van der Waals surface area contributed by atoms with Gasteiger partial charge < -0.3 is 15.5 Å². The van der Waals surface area contributed by atoms with Crippen molar-refractivity contribution < 1.29 is 15.0 Å². The van der Waals surface area contributed by atoms with Crippen LogP contribution >= 0.6 is 0 Å². The number of amides is 1. The molecule has 0 aromatic heterocycles. The van der Waals surface area contributed by atoms with Gasteiger partial charge in [-0.05, 0) is 83.5 Å². The molecule has 0 saturated carbocycles. The lowest BCUT2D eigenvalue weighted by atomic mass is 10.0. The molecular formula is C58H101NO3. The fourth-order valence-electron chi connectivity index (χ4n) is 7.54. The Balaban J connectivity index is 3.43. The predicted octanol–water partition coefficient (Wildman–Crippen LogP) is 17.4. The minimum atomic E-state index is -0.870. The van der Waals surface area contributed by atoms with E-state index in [9.17, 15) is 15.0 Å². The first-order valence-corrected chi connectivity index (χ1v) is 26.5. The Kier molecular flexibility index (Phi) is 50.4. The number of hydrogen-bond acceptors (Lipinski definition) is 3. The van der Waals surface area contributed by atoms with Crippen molar-refractivity contribution in [3.63, 3.8) is 0 Å². The SMILES string of the molecule is CC/C=C\C/C=C\C/C=C\C/C=C\C/C=C\CCCCCCCCCCCCCCCCCCCCCCCCCC(=O)NC(CO)C(O)/C=C/CC/C=C/CC/C=C/CCC. The molecule has 2 atom stereocenters. The molecule has 0 aliphatic heterocycles. The van der Waals surface area contributed by atoms with E-state index in [1.165, 1.54) is 148 Å². The number of allylic oxidation sites excluding steroid dienone is 15. The lowest BCUT2D eigenvalue weighted by Gasteiger charge is -2.19. The minimum absolute atomic E-state index is 0.0797. The maximum Gasteiger partial charge on any atom is 0.220 e. The Bertz CT molecular complexity index is 1160. The number of carbonyl (C=O) groups excluding carboxylic acids is 1. The summed E-state index contributed by atoms with van der Waals surface area (Å²) >= 11 is 0. The molecule has 0 fully saturated rings. The highest BCUT2D eigenvalue weighted by atomic mass is 16.3. The van der Waals surface area contributed by atoms with E-state index in [2.05, 4.69) is 104 Å². The van der Waals surface area contributed by atoms with E-state index in [4.69, 9.17) is 0 Å². The van der Waals surface area contributed by atoms with Gasteiger partial charge in [0.15, 0.2) is 0 Å². The lowest BCUT2D eigenvalue weighted by Crippen LogP contribution is -2.45. The molecule has 0 aliphatic carbocycles. The molecule has 4 nitrogen and oxygen atoms in total. The highest BCUT2D eigenvalue weighted by molar-refractivity contribution is 5.76. The van der Waals surface area contributed by atoms with Crippen LogP contribution in [0.2, 0.25) is 0 Å². The summed E-state index contributed by atoms with van der Waals surface area (Å²) in [6.45, 7) is 4.10. The third-order valence-corrected chi connectivity index (χ3v) is 11.5. The first-order valence-electron chi connectivity index (χ1n) is 26.5. The molecule has 0 saturated heterocycles. The zero-order valence-electron chi connectivity index (χ0n) is 40.9. The Labute approximate surface area is 385 Å². The predicted molar refractivity (Wildman–Crippen MR) is 276 cm³/mol. The molecule has 0 radical (unpaired) electrons. The third-order valence-electron chi connectivity index (χ3n) is 11.5. The van der Waals surface area contributed by atoms with Gasteiger partial charge >= 0.3 is 0 Å². The van der Waals surface area contributed by atoms with Crippen molar-refractivity contribution in [3.05, 3.63) is 97.2 Å². The van der Waals surface area contributed by atoms with Crippen LogP contribution < -0.4 is 5.32 Å². The van der Waals surface area contributed by atoms with Crippen LogP contribution in [-0.2, 0) is 4.79 Å². The van der Waals surface area contributed by atoms with Gasteiger partial charge in [-0.1, -0.05) is 252 Å². The normalized spacial score (nSPS) is 13.7. The van der Waals surface area contributed by atoms with Gasteiger partial charge in [-0.25, -0.2) is 0 Å². The van der Waals surface area contributed by atoms with Crippen molar-refractivity contribution in [3.8, 4) is 0 Å². The molecule has 0 aromatic rings. The van der Waals surface area contributed by atoms with E-state index >= 15 is 0 Å². The number of rotatable bonds is 47. The highest BCUT2D eigenvalue weighted by Crippen LogP contribution is 2.16. The van der Waals surface area contributed by atoms with Gasteiger partial charge in [-0.15, -0.1) is 0 Å². The van der Waals surface area contributed by atoms with Crippen LogP contribution in [0.4, 0.5) is 0 Å². The fourth-order valence-corrected chi connectivity index (χ4v) is 7.54. The van der Waals surface area contributed by atoms with E-state index in [1.807, 2.05) is 6.08 Å². The van der Waals surface area contributed by atoms with Crippen molar-refractivity contribution in [1.29, 1.82) is 0 Å². The summed E-state index contributed by atoms with van der Waals surface area (Å²) in [6.07, 6.45) is 78.6. The van der Waals surface area contributed by atoms with Gasteiger partial charge in [0.1, 0.15) is 0 Å². The van der Waals surface area contributed by atoms with Crippen LogP contribution in [0.25, 0.3) is 0 Å². The van der Waals surface area contributed by atoms with E-state index in [1.54, 1.807) is 6.08 Å². The summed E-state index contributed by atoms with van der Waals surface area (Å²) in [6, 6.07) is -0.646. The molecule has 0 bridgehead atoms. The summed E-state index contributed by atoms with van der Waals surface area (Å²) in [5.74, 6) is -0.0797. The second-order valence-corrected chi connectivity index (χ2v) is 17.5. The molecular weight excluding hydrogens is 759 g/mol. The zero-order valence-corrected chi connectivity index (χ0v) is 40.9. The number of aliphatic hydroxyl groups excluding tert-OH is 2. The first kappa shape index (κ1) is 59.3. The summed E-state index contributed by atoms with van der Waals surface area (Å²) in [4.78, 5) is 12.4. The summed E-state index contributed by atoms with van der Waals surface area (Å²) in [5.41, 5.74) is 0. The number of aliphatic hydroxyl groups is 2. The zero-order chi connectivity index (χ0) is 44.9. The van der Waals surface area contributed by atoms with Gasteiger partial charge in [0.05, 0.1) is 18.8 Å². The second kappa shape index (κ2) is 52.7. The Hall–Kier alpha value is -2.69. The van der Waals surface area contributed by atoms with Crippen molar-refractivity contribution in [2.24, 2.45) is 0 Å². The molecule has 1 amide bonds. The molecule has 3 N–H and O–H groups in total. The standard InChI is InChI=1S/C58H101NO3/c1-3-5-7-9-11-13-15-16-17-18-19-20-21-22-23-24-25-26-27-28-29-30-31-32-33-34-35-36-37-38-39-40-41-42-44-46-48-50-52-54-58(62)59-56(55-60)57(61)53-51-49-47-45-43-14-12-10-8-6-4-2/h5,7-8,10-11,13,16-17,19-20,22-23,43,45,51,53,56-57,60-61H,3-4,6,9,12,14-15,18,21,24-42,44,46-50,52,54-55H2,1-2H3,(H,59,62)/b7-5-,10-8+,13-11-,17-16-,20-19-,23-22-,45-43+,53-51+. The summed E-state index contributed by atoms with van der Waals surface area (Å²) in [7, 11) is 0. The van der Waals surface area contributed by atoms with E-state index in [0.29, 0.717) is 6.42 Å². The molecule has 62 heavy (non-hydrogen) atoms. The smallest absolute Gasteiger partial charge is 0.220 e. The van der Waals surface area contributed by atoms with Gasteiger partial charge in [0, 0.05) is 6.42 Å². The Morgan fingerprint density at radius 2 is 0.726 bits per heavy atom. The van der Waals surface area contributed by atoms with Crippen molar-refractivity contribution >= 4 is 5.91 Å². The molecule has 0 aromatic carbocycles. The monoisotopic (exact) mass is 860 g/mol. The molecule has 0 spiro atoms. The number of nitrogens with one attached hydrogen (secondary N) is 1. The average Bonchev–Trinajstić information content (AvgIpc) is 3.28. The van der Waals surface area contributed by atoms with Crippen LogP contribution in [0.3, 0.4) is 0 Å². The van der Waals surface area contributed by atoms with Crippen LogP contribution in [0, 0.1) is 0 Å². The summed E-state index contributed by atoms with van der Waals surface area (Å²) < 4.78 is 0. The largest absolute Gasteiger partial charge is 0.394 e. The maximum absolute atomic E-state index is 12.4. The first-order chi connectivity index (χ1) is 30.7. The van der Waals surface area contributed by atoms with E-state index in [-0.39, 0.29) is 12.5 Å². The molecule has 0 rings (SSSR count). The third kappa shape index (κ3) is 48.3. The molecule has 0 heterocycles. The number of hydrogen-bond donors (Lipinski definition) is 3. The fraction of sp³-hybridized carbons (Fsp3) is 0.707. The average molecular weight is 860 g/mol. The van der Waals surface area contributed by atoms with E-state index in [0.717, 1.165) is 77.0 Å². The van der Waals surface area contributed by atoms with Crippen molar-refractivity contribution in [2.45, 2.75) is 257 Å². The Morgan fingerprint density at radius 1 is 0.403 bits per heavy atom. The Morgan fingerprint density at radius 3 is 1.11 bits per heavy atom. The molecule has 4 heteroatoms. The molecule has 2 unspecified atom stereocenters. The molecule has 356 valence electrons. The van der Waals surface area contributed by atoms with Gasteiger partial charge in [-0.2, -0.15) is 0 Å². The van der Waals surface area contributed by atoms with Crippen LogP contribution in [0.1, 0.15) is 245 Å². The topological polar surface area (TPSA) is 69.6 Å². The summed E-state index contributed by atoms with van der Waals surface area (Å²) in [5, 5.41) is 22.9. The van der Waals surface area contributed by atoms with Crippen LogP contribution in [-0.4, -0.2) is 34.9 Å². The number of carbonyl (C=O) groups is 1. The van der Waals surface area contributed by atoms with Crippen molar-refractivity contribution in [2.75, 3.05) is 6.61 Å². The van der Waals surface area contributed by atoms with Gasteiger partial charge in [0.2, 0.25) is 5.91 Å². The van der Waals surface area contributed by atoms with E-state index < -0.39 is 12.1 Å². The lowest BCUT2D eigenvalue weighted by molar-refractivity contribution is -0.123.